The third-order valence-corrected chi connectivity index (χ3v) is 2.90. The number of aryl methyl sites for hydroxylation is 1. The van der Waals surface area contributed by atoms with Crippen LogP contribution in [0.2, 0.25) is 0 Å². The predicted octanol–water partition coefficient (Wildman–Crippen LogP) is 3.25. The number of carbonyl (C=O) groups excluding carboxylic acids is 1. The van der Waals surface area contributed by atoms with Crippen molar-refractivity contribution < 1.29 is 4.79 Å². The number of nitrogens with one attached hydrogen (secondary N) is 1. The molecule has 0 bridgehead atoms. The number of nitrogens with zero attached hydrogens (tertiary/aromatic N) is 1. The van der Waals surface area contributed by atoms with Crippen LogP contribution in [0.15, 0.2) is 42.6 Å². The number of rotatable bonds is 2. The van der Waals surface area contributed by atoms with Crippen LogP contribution in [-0.2, 0) is 0 Å². The van der Waals surface area contributed by atoms with E-state index in [9.17, 15) is 4.79 Å². The lowest BCUT2D eigenvalue weighted by Crippen LogP contribution is -2.13. The number of hydrogen-bond donors (Lipinski definition) is 1. The van der Waals surface area contributed by atoms with E-state index in [0.29, 0.717) is 11.4 Å². The summed E-state index contributed by atoms with van der Waals surface area (Å²) in [4.78, 5) is 16.1. The summed E-state index contributed by atoms with van der Waals surface area (Å²) in [6, 6.07) is 11.1. The molecule has 3 nitrogen and oxygen atoms in total. The van der Waals surface area contributed by atoms with Crippen molar-refractivity contribution in [2.24, 2.45) is 0 Å². The van der Waals surface area contributed by atoms with Crippen LogP contribution in [0.1, 0.15) is 15.9 Å². The molecule has 1 aromatic carbocycles. The molecule has 2 rings (SSSR count). The van der Waals surface area contributed by atoms with Gasteiger partial charge in [-0.1, -0.05) is 18.2 Å². The quantitative estimate of drug-likeness (QED) is 0.854. The first-order valence-electron chi connectivity index (χ1n) is 5.15. The van der Waals surface area contributed by atoms with Gasteiger partial charge >= 0.3 is 0 Å². The molecule has 1 amide bonds. The molecule has 0 aliphatic carbocycles. The van der Waals surface area contributed by atoms with E-state index >= 15 is 0 Å². The second-order valence-electron chi connectivity index (χ2n) is 3.64. The van der Waals surface area contributed by atoms with E-state index in [0.717, 1.165) is 9.13 Å². The first-order chi connectivity index (χ1) is 8.16. The molecular weight excluding hydrogens is 327 g/mol. The lowest BCUT2D eigenvalue weighted by Gasteiger charge is -2.07. The molecule has 0 saturated heterocycles. The molecule has 0 unspecified atom stereocenters. The van der Waals surface area contributed by atoms with Crippen LogP contribution >= 0.6 is 22.6 Å². The van der Waals surface area contributed by atoms with Crippen LogP contribution in [0.5, 0.6) is 0 Å². The normalized spacial score (nSPS) is 10.0. The molecule has 0 spiro atoms. The number of hydrogen-bond acceptors (Lipinski definition) is 2. The molecule has 1 N–H and O–H groups in total. The summed E-state index contributed by atoms with van der Waals surface area (Å²) < 4.78 is 1.05. The number of anilines is 1. The first-order valence-corrected chi connectivity index (χ1v) is 6.23. The van der Waals surface area contributed by atoms with Gasteiger partial charge in [-0.15, -0.1) is 0 Å². The minimum atomic E-state index is -0.137. The average molecular weight is 338 g/mol. The van der Waals surface area contributed by atoms with E-state index in [-0.39, 0.29) is 5.91 Å². The van der Waals surface area contributed by atoms with Gasteiger partial charge in [0, 0.05) is 15.3 Å². The van der Waals surface area contributed by atoms with Gasteiger partial charge in [-0.3, -0.25) is 4.79 Å². The molecule has 0 aliphatic heterocycles. The molecule has 17 heavy (non-hydrogen) atoms. The Morgan fingerprint density at radius 3 is 2.65 bits per heavy atom. The Bertz CT molecular complexity index is 540. The van der Waals surface area contributed by atoms with Crippen molar-refractivity contribution in [3.05, 3.63) is 57.3 Å². The zero-order valence-electron chi connectivity index (χ0n) is 9.27. The van der Waals surface area contributed by atoms with E-state index in [4.69, 9.17) is 0 Å². The Balaban J connectivity index is 2.19. The summed E-state index contributed by atoms with van der Waals surface area (Å²) in [6.07, 6.45) is 1.73. The highest BCUT2D eigenvalue weighted by Crippen LogP contribution is 2.15. The number of benzene rings is 1. The SMILES string of the molecule is Cc1cc(I)cnc1NC(=O)c1ccccc1. The van der Waals surface area contributed by atoms with E-state index in [1.807, 2.05) is 31.2 Å². The summed E-state index contributed by atoms with van der Waals surface area (Å²) in [5.74, 6) is 0.474. The highest BCUT2D eigenvalue weighted by atomic mass is 127. The molecule has 0 atom stereocenters. The van der Waals surface area contributed by atoms with E-state index in [2.05, 4.69) is 32.9 Å². The monoisotopic (exact) mass is 338 g/mol. The highest BCUT2D eigenvalue weighted by Gasteiger charge is 2.07. The molecule has 2 aromatic rings. The minimum absolute atomic E-state index is 0.137. The van der Waals surface area contributed by atoms with Crippen molar-refractivity contribution in [3.8, 4) is 0 Å². The maximum Gasteiger partial charge on any atom is 0.256 e. The van der Waals surface area contributed by atoms with Crippen molar-refractivity contribution in [3.63, 3.8) is 0 Å². The molecule has 0 saturated carbocycles. The van der Waals surface area contributed by atoms with E-state index in [1.165, 1.54) is 0 Å². The molecular formula is C13H11IN2O. The zero-order valence-corrected chi connectivity index (χ0v) is 11.4. The van der Waals surface area contributed by atoms with Crippen LogP contribution in [0, 0.1) is 10.5 Å². The van der Waals surface area contributed by atoms with Gasteiger partial charge in [0.25, 0.3) is 5.91 Å². The Kier molecular flexibility index (Phi) is 3.73. The second kappa shape index (κ2) is 5.27. The van der Waals surface area contributed by atoms with Crippen LogP contribution in [0.3, 0.4) is 0 Å². The van der Waals surface area contributed by atoms with E-state index in [1.54, 1.807) is 18.3 Å². The lowest BCUT2D eigenvalue weighted by atomic mass is 10.2. The Morgan fingerprint density at radius 1 is 1.29 bits per heavy atom. The number of pyridine rings is 1. The van der Waals surface area contributed by atoms with E-state index < -0.39 is 0 Å². The van der Waals surface area contributed by atoms with Crippen LogP contribution in [0.4, 0.5) is 5.82 Å². The van der Waals surface area contributed by atoms with Gasteiger partial charge in [0.15, 0.2) is 0 Å². The topological polar surface area (TPSA) is 42.0 Å². The third kappa shape index (κ3) is 3.03. The number of halogens is 1. The highest BCUT2D eigenvalue weighted by molar-refractivity contribution is 14.1. The second-order valence-corrected chi connectivity index (χ2v) is 4.88. The Hall–Kier alpha value is -1.43. The molecule has 0 fully saturated rings. The average Bonchev–Trinajstić information content (AvgIpc) is 2.34. The standard InChI is InChI=1S/C13H11IN2O/c1-9-7-11(14)8-15-12(9)16-13(17)10-5-3-2-4-6-10/h2-8H,1H3,(H,15,16,17). The molecule has 4 heteroatoms. The fourth-order valence-electron chi connectivity index (χ4n) is 1.44. The number of carbonyl (C=O) groups is 1. The fourth-order valence-corrected chi connectivity index (χ4v) is 2.05. The lowest BCUT2D eigenvalue weighted by molar-refractivity contribution is 0.102. The molecule has 86 valence electrons. The molecule has 0 radical (unpaired) electrons. The van der Waals surface area contributed by atoms with Crippen LogP contribution < -0.4 is 5.32 Å². The number of aromatic nitrogens is 1. The largest absolute Gasteiger partial charge is 0.306 e. The van der Waals surface area contributed by atoms with Crippen molar-refractivity contribution in [1.29, 1.82) is 0 Å². The van der Waals surface area contributed by atoms with Gasteiger partial charge in [0.1, 0.15) is 5.82 Å². The van der Waals surface area contributed by atoms with Crippen molar-refractivity contribution in [2.75, 3.05) is 5.32 Å². The van der Waals surface area contributed by atoms with Gasteiger partial charge < -0.3 is 5.32 Å². The summed E-state index contributed by atoms with van der Waals surface area (Å²) >= 11 is 2.19. The summed E-state index contributed by atoms with van der Waals surface area (Å²) in [6.45, 7) is 1.93. The first kappa shape index (κ1) is 12.0. The van der Waals surface area contributed by atoms with Gasteiger partial charge in [0.2, 0.25) is 0 Å². The van der Waals surface area contributed by atoms with Gasteiger partial charge in [-0.25, -0.2) is 4.98 Å². The van der Waals surface area contributed by atoms with Crippen molar-refractivity contribution in [2.45, 2.75) is 6.92 Å². The summed E-state index contributed by atoms with van der Waals surface area (Å²) in [5.41, 5.74) is 1.59. The van der Waals surface area contributed by atoms with Crippen molar-refractivity contribution in [1.82, 2.24) is 4.98 Å². The van der Waals surface area contributed by atoms with Gasteiger partial charge in [-0.2, -0.15) is 0 Å². The minimum Gasteiger partial charge on any atom is -0.306 e. The Morgan fingerprint density at radius 2 is 2.00 bits per heavy atom. The van der Waals surface area contributed by atoms with Crippen LogP contribution in [0.25, 0.3) is 0 Å². The zero-order chi connectivity index (χ0) is 12.3. The van der Waals surface area contributed by atoms with Gasteiger partial charge in [0.05, 0.1) is 0 Å². The van der Waals surface area contributed by atoms with Crippen LogP contribution in [-0.4, -0.2) is 10.9 Å². The van der Waals surface area contributed by atoms with Crippen molar-refractivity contribution >= 4 is 34.3 Å². The molecule has 1 heterocycles. The maximum absolute atomic E-state index is 11.9. The van der Waals surface area contributed by atoms with Gasteiger partial charge in [-0.05, 0) is 53.3 Å². The summed E-state index contributed by atoms with van der Waals surface area (Å²) in [5, 5.41) is 2.80. The third-order valence-electron chi connectivity index (χ3n) is 2.31. The predicted molar refractivity (Wildman–Crippen MR) is 76.1 cm³/mol. The maximum atomic E-state index is 11.9. The molecule has 0 aliphatic rings. The fraction of sp³-hybridized carbons (Fsp3) is 0.0769. The smallest absolute Gasteiger partial charge is 0.256 e. The number of amides is 1. The molecule has 1 aromatic heterocycles. The summed E-state index contributed by atoms with van der Waals surface area (Å²) in [7, 11) is 0. The Labute approximate surface area is 113 Å².